The van der Waals surface area contributed by atoms with Gasteiger partial charge in [-0.25, -0.2) is 4.90 Å². The smallest absolute Gasteiger partial charge is 0.416 e. The maximum absolute atomic E-state index is 13.0. The second kappa shape index (κ2) is 8.22. The Morgan fingerprint density at radius 3 is 2.35 bits per heavy atom. The van der Waals surface area contributed by atoms with Crippen molar-refractivity contribution in [1.82, 2.24) is 0 Å². The molecule has 2 aliphatic rings. The number of ether oxygens (including phenoxy) is 1. The number of methoxy groups -OCH3 is 1. The minimum atomic E-state index is -4.54. The van der Waals surface area contributed by atoms with E-state index < -0.39 is 29.6 Å². The minimum absolute atomic E-state index is 0.00354. The summed E-state index contributed by atoms with van der Waals surface area (Å²) in [6.45, 7) is 2.70. The predicted molar refractivity (Wildman–Crippen MR) is 108 cm³/mol. The van der Waals surface area contributed by atoms with E-state index in [1.165, 1.54) is 12.1 Å². The molecule has 2 aromatic rings. The number of carbonyl (C=O) groups excluding carboxylic acids is 2. The SMILES string of the molecule is COc1cccc(N2CC[NH+]([C@@H]3CC(=O)N(c4cccc(C(F)(F)F)c4)C3=O)CC2)c1. The summed E-state index contributed by atoms with van der Waals surface area (Å²) < 4.78 is 44.4. The summed E-state index contributed by atoms with van der Waals surface area (Å²) in [5.74, 6) is -0.133. The van der Waals surface area contributed by atoms with Crippen LogP contribution in [0.4, 0.5) is 24.5 Å². The van der Waals surface area contributed by atoms with E-state index in [2.05, 4.69) is 4.90 Å². The fourth-order valence-corrected chi connectivity index (χ4v) is 4.25. The summed E-state index contributed by atoms with van der Waals surface area (Å²) in [6, 6.07) is 11.5. The van der Waals surface area contributed by atoms with Crippen LogP contribution in [-0.2, 0) is 15.8 Å². The van der Waals surface area contributed by atoms with Crippen molar-refractivity contribution in [3.63, 3.8) is 0 Å². The molecule has 164 valence electrons. The molecular weight excluding hydrogens is 411 g/mol. The first kappa shape index (κ1) is 21.2. The highest BCUT2D eigenvalue weighted by Gasteiger charge is 2.46. The Morgan fingerprint density at radius 2 is 1.68 bits per heavy atom. The van der Waals surface area contributed by atoms with Gasteiger partial charge in [0, 0.05) is 11.8 Å². The molecule has 2 amide bonds. The summed E-state index contributed by atoms with van der Waals surface area (Å²) in [5.41, 5.74) is 0.118. The average Bonchev–Trinajstić information content (AvgIpc) is 3.07. The molecule has 1 atom stereocenters. The van der Waals surface area contributed by atoms with Crippen LogP contribution < -0.4 is 19.4 Å². The molecule has 1 N–H and O–H groups in total. The number of carbonyl (C=O) groups is 2. The van der Waals surface area contributed by atoms with E-state index in [0.29, 0.717) is 26.2 Å². The number of anilines is 2. The molecule has 2 heterocycles. The summed E-state index contributed by atoms with van der Waals surface area (Å²) in [4.78, 5) is 29.6. The van der Waals surface area contributed by atoms with E-state index in [9.17, 15) is 22.8 Å². The molecule has 6 nitrogen and oxygen atoms in total. The van der Waals surface area contributed by atoms with Gasteiger partial charge in [-0.3, -0.25) is 9.59 Å². The molecule has 0 spiro atoms. The van der Waals surface area contributed by atoms with E-state index in [0.717, 1.165) is 33.4 Å². The van der Waals surface area contributed by atoms with E-state index in [4.69, 9.17) is 4.74 Å². The van der Waals surface area contributed by atoms with Crippen LogP contribution in [0.5, 0.6) is 5.75 Å². The molecule has 2 aliphatic heterocycles. The second-order valence-corrected chi connectivity index (χ2v) is 7.72. The monoisotopic (exact) mass is 434 g/mol. The highest BCUT2D eigenvalue weighted by atomic mass is 19.4. The zero-order valence-corrected chi connectivity index (χ0v) is 17.0. The number of hydrogen-bond acceptors (Lipinski definition) is 4. The van der Waals surface area contributed by atoms with Crippen LogP contribution in [0.25, 0.3) is 0 Å². The van der Waals surface area contributed by atoms with Crippen LogP contribution in [0, 0.1) is 0 Å². The number of amides is 2. The molecule has 0 aromatic heterocycles. The first-order valence-electron chi connectivity index (χ1n) is 10.1. The normalized spacial score (nSPS) is 20.5. The Morgan fingerprint density at radius 1 is 1.00 bits per heavy atom. The second-order valence-electron chi connectivity index (χ2n) is 7.72. The van der Waals surface area contributed by atoms with Gasteiger partial charge in [0.25, 0.3) is 5.91 Å². The van der Waals surface area contributed by atoms with Crippen molar-refractivity contribution in [3.8, 4) is 5.75 Å². The zero-order chi connectivity index (χ0) is 22.2. The quantitative estimate of drug-likeness (QED) is 0.746. The highest BCUT2D eigenvalue weighted by Crippen LogP contribution is 2.33. The van der Waals surface area contributed by atoms with E-state index >= 15 is 0 Å². The number of rotatable bonds is 4. The molecular formula is C22H23F3N3O3+. The van der Waals surface area contributed by atoms with Gasteiger partial charge in [-0.05, 0) is 30.3 Å². The Hall–Kier alpha value is -3.07. The number of piperazine rings is 1. The Labute approximate surface area is 177 Å². The van der Waals surface area contributed by atoms with Crippen LogP contribution in [0.3, 0.4) is 0 Å². The third-order valence-electron chi connectivity index (χ3n) is 5.90. The number of benzene rings is 2. The third kappa shape index (κ3) is 4.23. The Balaban J connectivity index is 1.45. The molecule has 0 unspecified atom stereocenters. The van der Waals surface area contributed by atoms with Crippen LogP contribution in [0.2, 0.25) is 0 Å². The van der Waals surface area contributed by atoms with Crippen LogP contribution in [0.15, 0.2) is 48.5 Å². The molecule has 2 fully saturated rings. The van der Waals surface area contributed by atoms with E-state index in [1.807, 2.05) is 24.3 Å². The van der Waals surface area contributed by atoms with E-state index in [-0.39, 0.29) is 12.1 Å². The average molecular weight is 434 g/mol. The lowest BCUT2D eigenvalue weighted by Gasteiger charge is -2.35. The van der Waals surface area contributed by atoms with Crippen molar-refractivity contribution in [3.05, 3.63) is 54.1 Å². The van der Waals surface area contributed by atoms with Crippen LogP contribution in [-0.4, -0.2) is 51.1 Å². The summed E-state index contributed by atoms with van der Waals surface area (Å²) in [7, 11) is 1.61. The zero-order valence-electron chi connectivity index (χ0n) is 17.0. The largest absolute Gasteiger partial charge is 0.497 e. The Kier molecular flexibility index (Phi) is 5.62. The van der Waals surface area contributed by atoms with Gasteiger partial charge < -0.3 is 14.5 Å². The maximum Gasteiger partial charge on any atom is 0.416 e. The summed E-state index contributed by atoms with van der Waals surface area (Å²) in [5, 5.41) is 0. The van der Waals surface area contributed by atoms with Gasteiger partial charge in [-0.1, -0.05) is 12.1 Å². The third-order valence-corrected chi connectivity index (χ3v) is 5.90. The number of quaternary nitrogens is 1. The van der Waals surface area contributed by atoms with Crippen LogP contribution in [0.1, 0.15) is 12.0 Å². The standard InChI is InChI=1S/C22H22F3N3O3/c1-31-18-7-3-5-16(13-18)26-8-10-27(11-9-26)19-14-20(29)28(21(19)30)17-6-2-4-15(12-17)22(23,24)25/h2-7,12-13,19H,8-11,14H2,1H3/p+1/t19-/m1/s1. The number of hydrogen-bond donors (Lipinski definition) is 1. The number of alkyl halides is 3. The van der Waals surface area contributed by atoms with Gasteiger partial charge in [0.1, 0.15) is 5.75 Å². The molecule has 4 rings (SSSR count). The molecule has 0 radical (unpaired) electrons. The fraction of sp³-hybridized carbons (Fsp3) is 0.364. The van der Waals surface area contributed by atoms with Gasteiger partial charge >= 0.3 is 6.18 Å². The predicted octanol–water partition coefficient (Wildman–Crippen LogP) is 1.75. The molecule has 9 heteroatoms. The highest BCUT2D eigenvalue weighted by molar-refractivity contribution is 6.21. The lowest BCUT2D eigenvalue weighted by Crippen LogP contribution is -3.19. The molecule has 31 heavy (non-hydrogen) atoms. The van der Waals surface area contributed by atoms with Crippen molar-refractivity contribution in [2.75, 3.05) is 43.1 Å². The van der Waals surface area contributed by atoms with Crippen molar-refractivity contribution in [2.24, 2.45) is 0 Å². The number of nitrogens with zero attached hydrogens (tertiary/aromatic N) is 2. The van der Waals surface area contributed by atoms with Crippen molar-refractivity contribution < 1.29 is 32.4 Å². The summed E-state index contributed by atoms with van der Waals surface area (Å²) in [6.07, 6.45) is -4.54. The lowest BCUT2D eigenvalue weighted by molar-refractivity contribution is -0.915. The molecule has 0 saturated carbocycles. The van der Waals surface area contributed by atoms with Gasteiger partial charge in [0.2, 0.25) is 5.91 Å². The van der Waals surface area contributed by atoms with Crippen molar-refractivity contribution in [2.45, 2.75) is 18.6 Å². The molecule has 2 saturated heterocycles. The lowest BCUT2D eigenvalue weighted by atomic mass is 10.1. The molecule has 0 bridgehead atoms. The van der Waals surface area contributed by atoms with Gasteiger partial charge in [0.05, 0.1) is 51.0 Å². The fourth-order valence-electron chi connectivity index (χ4n) is 4.25. The first-order chi connectivity index (χ1) is 14.8. The van der Waals surface area contributed by atoms with Crippen molar-refractivity contribution >= 4 is 23.2 Å². The summed E-state index contributed by atoms with van der Waals surface area (Å²) >= 11 is 0. The Bertz CT molecular complexity index is 987. The number of halogens is 3. The van der Waals surface area contributed by atoms with Crippen molar-refractivity contribution in [1.29, 1.82) is 0 Å². The van der Waals surface area contributed by atoms with E-state index in [1.54, 1.807) is 7.11 Å². The van der Waals surface area contributed by atoms with Gasteiger partial charge in [0.15, 0.2) is 6.04 Å². The molecule has 0 aliphatic carbocycles. The molecule has 2 aromatic carbocycles. The number of imide groups is 1. The topological polar surface area (TPSA) is 54.3 Å². The number of nitrogens with one attached hydrogen (secondary N) is 1. The minimum Gasteiger partial charge on any atom is -0.497 e. The van der Waals surface area contributed by atoms with Crippen LogP contribution >= 0.6 is 0 Å². The maximum atomic E-state index is 13.0. The van der Waals surface area contributed by atoms with Gasteiger partial charge in [-0.15, -0.1) is 0 Å². The first-order valence-corrected chi connectivity index (χ1v) is 10.1. The van der Waals surface area contributed by atoms with Gasteiger partial charge in [-0.2, -0.15) is 13.2 Å².